The molecule has 0 saturated carbocycles. The molecule has 0 aliphatic carbocycles. The number of aliphatic imine (C=N–C) groups is 1. The molecule has 0 saturated heterocycles. The Balaban J connectivity index is 1.41. The number of benzene rings is 1. The summed E-state index contributed by atoms with van der Waals surface area (Å²) in [5, 5.41) is 7.43. The largest absolute Gasteiger partial charge is 0.496 e. The van der Waals surface area contributed by atoms with Gasteiger partial charge >= 0.3 is 0 Å². The fraction of sp³-hybridized carbons (Fsp3) is 0.185. The number of aromatic nitrogens is 3. The fourth-order valence-electron chi connectivity index (χ4n) is 3.37. The van der Waals surface area contributed by atoms with Gasteiger partial charge < -0.3 is 14.0 Å². The number of allylic oxidation sites excluding steroid dienone is 2. The van der Waals surface area contributed by atoms with E-state index in [1.807, 2.05) is 60.8 Å². The first kappa shape index (κ1) is 22.1. The van der Waals surface area contributed by atoms with E-state index >= 15 is 0 Å². The normalized spacial score (nSPS) is 13.6. The average molecular weight is 441 g/mol. The van der Waals surface area contributed by atoms with Gasteiger partial charge in [-0.3, -0.25) is 10.1 Å². The van der Waals surface area contributed by atoms with Gasteiger partial charge in [-0.05, 0) is 74.1 Å². The first-order valence-electron chi connectivity index (χ1n) is 10.9. The molecule has 0 amide bonds. The van der Waals surface area contributed by atoms with E-state index in [1.54, 1.807) is 7.11 Å². The molecule has 6 heteroatoms. The molecule has 0 atom stereocenters. The summed E-state index contributed by atoms with van der Waals surface area (Å²) in [5.74, 6) is 1.47. The number of nitrogens with zero attached hydrogens (tertiary/aromatic N) is 3. The van der Waals surface area contributed by atoms with Crippen LogP contribution in [0, 0.1) is 6.92 Å². The number of aromatic amines is 1. The van der Waals surface area contributed by atoms with Gasteiger partial charge in [0.2, 0.25) is 0 Å². The van der Waals surface area contributed by atoms with E-state index in [0.717, 1.165) is 46.3 Å². The van der Waals surface area contributed by atoms with E-state index < -0.39 is 0 Å². The third kappa shape index (κ3) is 5.80. The number of methoxy groups -OCH3 is 1. The highest BCUT2D eigenvalue weighted by molar-refractivity contribution is 5.96. The molecular weight excluding hydrogens is 412 g/mol. The van der Waals surface area contributed by atoms with Crippen molar-refractivity contribution in [2.75, 3.05) is 13.7 Å². The molecule has 1 aliphatic rings. The molecule has 0 fully saturated rings. The predicted octanol–water partition coefficient (Wildman–Crippen LogP) is 5.70. The highest BCUT2D eigenvalue weighted by Gasteiger charge is 2.05. The third-order valence-electron chi connectivity index (χ3n) is 5.42. The van der Waals surface area contributed by atoms with E-state index in [9.17, 15) is 0 Å². The van der Waals surface area contributed by atoms with Crippen LogP contribution >= 0.6 is 0 Å². The molecule has 0 unspecified atom stereocenters. The standard InChI is InChI=1S/C27H28N4O2/c1-20-8-13-25(31(20)2)14-12-23-17-22(29-30-23)11-9-21-10-15-26(18-27(21)32-3)33-19-24-7-5-4-6-16-28-24/h5-18H,4,19H2,1-3H3,(H,29,30)/b11-9+,14-12+. The topological polar surface area (TPSA) is 64.4 Å². The number of ether oxygens (including phenoxy) is 2. The van der Waals surface area contributed by atoms with Crippen LogP contribution in [-0.2, 0) is 7.05 Å². The summed E-state index contributed by atoms with van der Waals surface area (Å²) in [6.07, 6.45) is 16.8. The summed E-state index contributed by atoms with van der Waals surface area (Å²) in [6, 6.07) is 12.0. The van der Waals surface area contributed by atoms with Gasteiger partial charge in [-0.1, -0.05) is 12.2 Å². The zero-order valence-electron chi connectivity index (χ0n) is 19.2. The second-order valence-corrected chi connectivity index (χ2v) is 7.71. The van der Waals surface area contributed by atoms with Gasteiger partial charge in [0.05, 0.1) is 24.2 Å². The van der Waals surface area contributed by atoms with Crippen molar-refractivity contribution in [1.82, 2.24) is 14.8 Å². The Hall–Kier alpha value is -4.06. The zero-order valence-corrected chi connectivity index (χ0v) is 19.2. The van der Waals surface area contributed by atoms with E-state index in [-0.39, 0.29) is 0 Å². The van der Waals surface area contributed by atoms with Crippen LogP contribution in [0.4, 0.5) is 0 Å². The van der Waals surface area contributed by atoms with Crippen molar-refractivity contribution >= 4 is 30.0 Å². The van der Waals surface area contributed by atoms with Crippen LogP contribution in [0.3, 0.4) is 0 Å². The number of nitrogens with one attached hydrogen (secondary N) is 1. The van der Waals surface area contributed by atoms with Gasteiger partial charge in [0.15, 0.2) is 0 Å². The molecule has 0 radical (unpaired) electrons. The lowest BCUT2D eigenvalue weighted by Gasteiger charge is -2.10. The second kappa shape index (κ2) is 10.5. The summed E-state index contributed by atoms with van der Waals surface area (Å²) in [4.78, 5) is 4.36. The third-order valence-corrected chi connectivity index (χ3v) is 5.42. The monoisotopic (exact) mass is 440 g/mol. The molecular formula is C27H28N4O2. The highest BCUT2D eigenvalue weighted by Crippen LogP contribution is 2.26. The number of aryl methyl sites for hydroxylation is 1. The molecule has 1 aromatic carbocycles. The number of rotatable bonds is 8. The molecule has 168 valence electrons. The van der Waals surface area contributed by atoms with Crippen LogP contribution in [0.5, 0.6) is 11.5 Å². The smallest absolute Gasteiger partial charge is 0.130 e. The maximum atomic E-state index is 5.89. The van der Waals surface area contributed by atoms with Crippen LogP contribution < -0.4 is 9.47 Å². The highest BCUT2D eigenvalue weighted by atomic mass is 16.5. The molecule has 0 bridgehead atoms. The number of H-pyrrole nitrogens is 1. The molecule has 0 spiro atoms. The zero-order chi connectivity index (χ0) is 23.0. The lowest BCUT2D eigenvalue weighted by Crippen LogP contribution is -2.08. The molecule has 3 heterocycles. The molecule has 1 N–H and O–H groups in total. The molecule has 2 aromatic heterocycles. The number of hydrogen-bond donors (Lipinski definition) is 1. The van der Waals surface area contributed by atoms with E-state index in [0.29, 0.717) is 6.61 Å². The van der Waals surface area contributed by atoms with Crippen molar-refractivity contribution in [2.45, 2.75) is 13.3 Å². The van der Waals surface area contributed by atoms with E-state index in [1.165, 1.54) is 5.69 Å². The minimum absolute atomic E-state index is 0.408. The van der Waals surface area contributed by atoms with Crippen molar-refractivity contribution in [3.8, 4) is 11.5 Å². The molecule has 33 heavy (non-hydrogen) atoms. The first-order valence-corrected chi connectivity index (χ1v) is 10.9. The molecule has 4 rings (SSSR count). The van der Waals surface area contributed by atoms with Crippen LogP contribution in [0.1, 0.15) is 34.8 Å². The van der Waals surface area contributed by atoms with E-state index in [2.05, 4.69) is 58.0 Å². The van der Waals surface area contributed by atoms with Crippen molar-refractivity contribution < 1.29 is 9.47 Å². The van der Waals surface area contributed by atoms with Gasteiger partial charge in [-0.25, -0.2) is 0 Å². The lowest BCUT2D eigenvalue weighted by atomic mass is 10.1. The van der Waals surface area contributed by atoms with Gasteiger partial charge in [0.25, 0.3) is 0 Å². The molecule has 6 nitrogen and oxygen atoms in total. The Morgan fingerprint density at radius 3 is 2.79 bits per heavy atom. The lowest BCUT2D eigenvalue weighted by molar-refractivity contribution is 0.369. The van der Waals surface area contributed by atoms with E-state index in [4.69, 9.17) is 9.47 Å². The van der Waals surface area contributed by atoms with Crippen molar-refractivity contribution in [2.24, 2.45) is 12.0 Å². The van der Waals surface area contributed by atoms with Crippen molar-refractivity contribution in [3.05, 3.63) is 89.2 Å². The van der Waals surface area contributed by atoms with Gasteiger partial charge in [-0.15, -0.1) is 0 Å². The van der Waals surface area contributed by atoms with Gasteiger partial charge in [0, 0.05) is 36.3 Å². The summed E-state index contributed by atoms with van der Waals surface area (Å²) >= 11 is 0. The van der Waals surface area contributed by atoms with Crippen LogP contribution in [-0.4, -0.2) is 34.2 Å². The average Bonchev–Trinajstić information content (AvgIpc) is 3.31. The van der Waals surface area contributed by atoms with Crippen LogP contribution in [0.15, 0.2) is 65.8 Å². The van der Waals surface area contributed by atoms with Crippen molar-refractivity contribution in [1.29, 1.82) is 0 Å². The fourth-order valence-corrected chi connectivity index (χ4v) is 3.37. The molecule has 3 aromatic rings. The van der Waals surface area contributed by atoms with Crippen LogP contribution in [0.25, 0.3) is 24.3 Å². The first-order chi connectivity index (χ1) is 16.1. The summed E-state index contributed by atoms with van der Waals surface area (Å²) in [7, 11) is 3.71. The number of hydrogen-bond acceptors (Lipinski definition) is 4. The second-order valence-electron chi connectivity index (χ2n) is 7.71. The Morgan fingerprint density at radius 2 is 1.97 bits per heavy atom. The van der Waals surface area contributed by atoms with Crippen LogP contribution in [0.2, 0.25) is 0 Å². The van der Waals surface area contributed by atoms with Gasteiger partial charge in [-0.2, -0.15) is 5.10 Å². The van der Waals surface area contributed by atoms with Gasteiger partial charge in [0.1, 0.15) is 18.1 Å². The SMILES string of the molecule is COc1cc(OCC2=NC=CCC=C2)ccc1/C=C/c1cc(/C=C/c2ccc(C)n2C)[nH]n1. The Bertz CT molecular complexity index is 1250. The van der Waals surface area contributed by atoms with Crippen molar-refractivity contribution in [3.63, 3.8) is 0 Å². The Labute approximate surface area is 194 Å². The maximum Gasteiger partial charge on any atom is 0.130 e. The Morgan fingerprint density at radius 1 is 1.06 bits per heavy atom. The summed E-state index contributed by atoms with van der Waals surface area (Å²) in [5.41, 5.74) is 5.97. The summed E-state index contributed by atoms with van der Waals surface area (Å²) in [6.45, 7) is 2.50. The minimum Gasteiger partial charge on any atom is -0.496 e. The maximum absolute atomic E-state index is 5.89. The summed E-state index contributed by atoms with van der Waals surface area (Å²) < 4.78 is 13.6. The Kier molecular flexibility index (Phi) is 7.05. The predicted molar refractivity (Wildman–Crippen MR) is 135 cm³/mol. The minimum atomic E-state index is 0.408. The molecule has 1 aliphatic heterocycles. The quantitative estimate of drug-likeness (QED) is 0.489.